The van der Waals surface area contributed by atoms with Crippen molar-refractivity contribution < 1.29 is 36.4 Å². The average molecular weight is 574 g/mol. The molecule has 1 atom stereocenters. The molecule has 2 aromatic carbocycles. The first-order valence-corrected chi connectivity index (χ1v) is 14.4. The molecule has 4 rings (SSSR count). The summed E-state index contributed by atoms with van der Waals surface area (Å²) in [5.74, 6) is 0.708. The Morgan fingerprint density at radius 3 is 2.33 bits per heavy atom. The topological polar surface area (TPSA) is 136 Å². The van der Waals surface area contributed by atoms with E-state index in [2.05, 4.69) is 14.7 Å². The lowest BCUT2D eigenvalue weighted by atomic mass is 10.1. The Morgan fingerprint density at radius 1 is 1.00 bits per heavy atom. The molecule has 0 aliphatic carbocycles. The Kier molecular flexibility index (Phi) is 8.21. The molecule has 0 aliphatic rings. The van der Waals surface area contributed by atoms with Gasteiger partial charge in [-0.1, -0.05) is 0 Å². The van der Waals surface area contributed by atoms with Gasteiger partial charge in [-0.3, -0.25) is 9.19 Å². The zero-order valence-electron chi connectivity index (χ0n) is 22.0. The van der Waals surface area contributed by atoms with Gasteiger partial charge in [-0.15, -0.1) is 0 Å². The summed E-state index contributed by atoms with van der Waals surface area (Å²) in [5.41, 5.74) is 2.56. The molecule has 0 fully saturated rings. The molecule has 0 N–H and O–H groups in total. The van der Waals surface area contributed by atoms with Crippen LogP contribution in [-0.2, 0) is 36.1 Å². The number of esters is 1. The van der Waals surface area contributed by atoms with Crippen LogP contribution >= 0.6 is 0 Å². The van der Waals surface area contributed by atoms with E-state index in [1.54, 1.807) is 38.4 Å². The molecule has 39 heavy (non-hydrogen) atoms. The van der Waals surface area contributed by atoms with Crippen LogP contribution in [0.3, 0.4) is 0 Å². The van der Waals surface area contributed by atoms with Gasteiger partial charge in [0.1, 0.15) is 17.2 Å². The molecule has 0 amide bonds. The van der Waals surface area contributed by atoms with Crippen LogP contribution in [-0.4, -0.2) is 60.5 Å². The number of carbonyl (C=O) groups is 1. The third-order valence-corrected chi connectivity index (χ3v) is 9.01. The van der Waals surface area contributed by atoms with Crippen LogP contribution in [0, 0.1) is 13.8 Å². The number of pyridine rings is 1. The van der Waals surface area contributed by atoms with Gasteiger partial charge >= 0.3 is 5.97 Å². The molecule has 11 nitrogen and oxygen atoms in total. The number of aromatic nitrogens is 3. The number of methoxy groups -OCH3 is 3. The Balaban J connectivity index is 1.78. The van der Waals surface area contributed by atoms with E-state index in [0.717, 1.165) is 9.54 Å². The number of imidazole rings is 1. The molecule has 0 radical (unpaired) electrons. The highest BCUT2D eigenvalue weighted by Gasteiger charge is 2.28. The molecule has 13 heteroatoms. The van der Waals surface area contributed by atoms with Crippen LogP contribution in [0.5, 0.6) is 17.2 Å². The van der Waals surface area contributed by atoms with Gasteiger partial charge in [-0.25, -0.2) is 22.2 Å². The van der Waals surface area contributed by atoms with Crippen molar-refractivity contribution in [3.05, 3.63) is 65.5 Å². The highest BCUT2D eigenvalue weighted by Crippen LogP contribution is 2.30. The standard InChI is InChI=1S/C26H27N3O8S2/c1-16-13-27-22(17(2)25(16)36-5)15-38(31)26-28-21-12-19(34-3)8-11-23(21)29(26)39(32,33)20-9-6-18(7-10-20)37-14-24(30)35-4/h6-13H,14-15H2,1-5H3. The molecule has 206 valence electrons. The summed E-state index contributed by atoms with van der Waals surface area (Å²) >= 11 is 0. The summed E-state index contributed by atoms with van der Waals surface area (Å²) in [6, 6.07) is 10.2. The van der Waals surface area contributed by atoms with E-state index in [9.17, 15) is 17.4 Å². The minimum absolute atomic E-state index is 0.0846. The summed E-state index contributed by atoms with van der Waals surface area (Å²) in [6.07, 6.45) is 1.62. The van der Waals surface area contributed by atoms with E-state index >= 15 is 0 Å². The van der Waals surface area contributed by atoms with E-state index in [4.69, 9.17) is 14.2 Å². The van der Waals surface area contributed by atoms with E-state index in [1.165, 1.54) is 38.5 Å². The second-order valence-electron chi connectivity index (χ2n) is 8.39. The third kappa shape index (κ3) is 5.59. The number of fused-ring (bicyclic) bond motifs is 1. The predicted octanol–water partition coefficient (Wildman–Crippen LogP) is 3.16. The first-order valence-electron chi connectivity index (χ1n) is 11.6. The van der Waals surface area contributed by atoms with E-state index in [-0.39, 0.29) is 33.7 Å². The van der Waals surface area contributed by atoms with Gasteiger partial charge in [0, 0.05) is 23.4 Å². The van der Waals surface area contributed by atoms with Crippen LogP contribution in [0.25, 0.3) is 11.0 Å². The average Bonchev–Trinajstić information content (AvgIpc) is 3.33. The second kappa shape index (κ2) is 11.4. The summed E-state index contributed by atoms with van der Waals surface area (Å²) in [5, 5.41) is -0.162. The van der Waals surface area contributed by atoms with Gasteiger partial charge < -0.3 is 18.9 Å². The molecule has 1 unspecified atom stereocenters. The van der Waals surface area contributed by atoms with Crippen LogP contribution in [0.15, 0.2) is 58.7 Å². The van der Waals surface area contributed by atoms with Gasteiger partial charge in [0.2, 0.25) is 5.16 Å². The Bertz CT molecular complexity index is 1670. The Hall–Kier alpha value is -3.97. The largest absolute Gasteiger partial charge is 0.497 e. The lowest BCUT2D eigenvalue weighted by molar-refractivity contribution is -0.142. The zero-order chi connectivity index (χ0) is 28.3. The zero-order valence-corrected chi connectivity index (χ0v) is 23.6. The van der Waals surface area contributed by atoms with E-state index < -0.39 is 26.8 Å². The van der Waals surface area contributed by atoms with Gasteiger partial charge in [0.15, 0.2) is 6.61 Å². The number of hydrogen-bond acceptors (Lipinski definition) is 10. The maximum atomic E-state index is 13.9. The fraction of sp³-hybridized carbons (Fsp3) is 0.269. The Labute approximate surface area is 228 Å². The smallest absolute Gasteiger partial charge is 0.343 e. The van der Waals surface area contributed by atoms with E-state index in [0.29, 0.717) is 28.3 Å². The van der Waals surface area contributed by atoms with Crippen molar-refractivity contribution in [3.8, 4) is 17.2 Å². The molecule has 4 aromatic rings. The molecule has 2 heterocycles. The number of hydrogen-bond donors (Lipinski definition) is 0. The SMILES string of the molecule is COC(=O)COc1ccc(S(=O)(=O)n2c(S(=O)Cc3ncc(C)c(OC)c3C)nc3cc(OC)ccc32)cc1. The van der Waals surface area contributed by atoms with Crippen molar-refractivity contribution in [2.24, 2.45) is 0 Å². The van der Waals surface area contributed by atoms with Crippen molar-refractivity contribution in [3.63, 3.8) is 0 Å². The monoisotopic (exact) mass is 573 g/mol. The minimum atomic E-state index is -4.26. The second-order valence-corrected chi connectivity index (χ2v) is 11.5. The van der Waals surface area contributed by atoms with Gasteiger partial charge in [-0.2, -0.15) is 0 Å². The number of aryl methyl sites for hydroxylation is 1. The van der Waals surface area contributed by atoms with E-state index in [1.807, 2.05) is 6.92 Å². The quantitative estimate of drug-likeness (QED) is 0.260. The number of carbonyl (C=O) groups excluding carboxylic acids is 1. The summed E-state index contributed by atoms with van der Waals surface area (Å²) in [6.45, 7) is 3.33. The number of ether oxygens (including phenoxy) is 4. The maximum Gasteiger partial charge on any atom is 0.343 e. The molecular formula is C26H27N3O8S2. The summed E-state index contributed by atoms with van der Waals surface area (Å²) in [4.78, 5) is 20.1. The molecule has 0 spiro atoms. The van der Waals surface area contributed by atoms with Crippen LogP contribution in [0.2, 0.25) is 0 Å². The van der Waals surface area contributed by atoms with Crippen molar-refractivity contribution in [1.29, 1.82) is 0 Å². The third-order valence-electron chi connectivity index (χ3n) is 5.96. The summed E-state index contributed by atoms with van der Waals surface area (Å²) in [7, 11) is -1.91. The highest BCUT2D eigenvalue weighted by molar-refractivity contribution is 7.91. The van der Waals surface area contributed by atoms with Gasteiger partial charge in [0.25, 0.3) is 10.0 Å². The molecule has 0 aliphatic heterocycles. The van der Waals surface area contributed by atoms with Crippen molar-refractivity contribution in [2.45, 2.75) is 29.7 Å². The fourth-order valence-corrected chi connectivity index (χ4v) is 6.98. The lowest BCUT2D eigenvalue weighted by Gasteiger charge is -2.13. The van der Waals surface area contributed by atoms with Gasteiger partial charge in [0.05, 0.1) is 59.5 Å². The molecule has 0 bridgehead atoms. The normalized spacial score (nSPS) is 12.2. The predicted molar refractivity (Wildman–Crippen MR) is 143 cm³/mol. The first-order chi connectivity index (χ1) is 18.6. The molecule has 0 saturated carbocycles. The van der Waals surface area contributed by atoms with Crippen LogP contribution < -0.4 is 14.2 Å². The first kappa shape index (κ1) is 28.0. The number of rotatable bonds is 10. The number of benzene rings is 2. The maximum absolute atomic E-state index is 13.9. The highest BCUT2D eigenvalue weighted by atomic mass is 32.2. The fourth-order valence-electron chi connectivity index (χ4n) is 3.94. The molecule has 0 saturated heterocycles. The van der Waals surface area contributed by atoms with Crippen molar-refractivity contribution in [2.75, 3.05) is 27.9 Å². The van der Waals surface area contributed by atoms with Crippen molar-refractivity contribution >= 4 is 37.8 Å². The summed E-state index contributed by atoms with van der Waals surface area (Å²) < 4.78 is 63.0. The molecular weight excluding hydrogens is 546 g/mol. The molecule has 2 aromatic heterocycles. The van der Waals surface area contributed by atoms with Crippen LogP contribution in [0.4, 0.5) is 0 Å². The van der Waals surface area contributed by atoms with Crippen molar-refractivity contribution in [1.82, 2.24) is 13.9 Å². The Morgan fingerprint density at radius 2 is 1.69 bits per heavy atom. The lowest BCUT2D eigenvalue weighted by Crippen LogP contribution is -2.18. The minimum Gasteiger partial charge on any atom is -0.497 e. The number of nitrogens with zero attached hydrogens (tertiary/aromatic N) is 3. The van der Waals surface area contributed by atoms with Crippen LogP contribution in [0.1, 0.15) is 16.8 Å². The van der Waals surface area contributed by atoms with Gasteiger partial charge in [-0.05, 0) is 50.2 Å².